The number of aliphatic hydroxyl groups is 1. The lowest BCUT2D eigenvalue weighted by molar-refractivity contribution is -0.0269. The molecule has 0 bridgehead atoms. The number of hydrogen-bond donors (Lipinski definition) is 3. The zero-order valence-corrected chi connectivity index (χ0v) is 17.6. The largest absolute Gasteiger partial charge is 0.386 e. The van der Waals surface area contributed by atoms with Crippen LogP contribution in [0.4, 0.5) is 10.2 Å². The van der Waals surface area contributed by atoms with Crippen LogP contribution < -0.4 is 10.8 Å². The van der Waals surface area contributed by atoms with E-state index in [1.54, 1.807) is 42.9 Å². The van der Waals surface area contributed by atoms with Crippen molar-refractivity contribution in [3.8, 4) is 0 Å². The lowest BCUT2D eigenvalue weighted by Gasteiger charge is -2.25. The van der Waals surface area contributed by atoms with Gasteiger partial charge in [0.25, 0.3) is 0 Å². The Labute approximate surface area is 173 Å². The smallest absolute Gasteiger partial charge is 0.182 e. The summed E-state index contributed by atoms with van der Waals surface area (Å²) in [5.41, 5.74) is 3.67. The molecule has 0 fully saturated rings. The molecule has 0 saturated carbocycles. The molecule has 4 rings (SSSR count). The third-order valence-electron chi connectivity index (χ3n) is 4.91. The van der Waals surface area contributed by atoms with Gasteiger partial charge in [-0.1, -0.05) is 6.07 Å². The second-order valence-corrected chi connectivity index (χ2v) is 8.41. The van der Waals surface area contributed by atoms with Crippen LogP contribution in [0.1, 0.15) is 57.4 Å². The third-order valence-corrected chi connectivity index (χ3v) is 4.91. The molecule has 0 aliphatic carbocycles. The zero-order chi connectivity index (χ0) is 21.7. The average molecular weight is 412 g/mol. The maximum Gasteiger partial charge on any atom is 0.182 e. The van der Waals surface area contributed by atoms with Crippen molar-refractivity contribution >= 4 is 17.3 Å². The molecular formula is C21H25FN6O2. The van der Waals surface area contributed by atoms with E-state index in [9.17, 15) is 9.50 Å². The number of nitrogens with one attached hydrogen (secondary N) is 2. The molecule has 0 spiro atoms. The summed E-state index contributed by atoms with van der Waals surface area (Å²) in [6.07, 6.45) is 3.45. The maximum absolute atomic E-state index is 13.9. The molecular weight excluding hydrogens is 387 g/mol. The van der Waals surface area contributed by atoms with Crippen LogP contribution in [0, 0.1) is 5.82 Å². The number of rotatable bonds is 5. The van der Waals surface area contributed by atoms with Crippen molar-refractivity contribution in [2.24, 2.45) is 4.99 Å². The van der Waals surface area contributed by atoms with E-state index in [0.29, 0.717) is 34.0 Å². The molecule has 2 aromatic heterocycles. The topological polar surface area (TPSA) is 96.1 Å². The van der Waals surface area contributed by atoms with Gasteiger partial charge in [-0.3, -0.25) is 0 Å². The molecule has 30 heavy (non-hydrogen) atoms. The van der Waals surface area contributed by atoms with Gasteiger partial charge in [0.05, 0.1) is 23.4 Å². The second kappa shape index (κ2) is 7.03. The molecule has 1 aliphatic heterocycles. The van der Waals surface area contributed by atoms with Crippen LogP contribution in [0.15, 0.2) is 41.7 Å². The standard InChI is InChI=1S/C21H25FN6O2/c1-12(14-10-13(22)6-7-16(14)20(2,3)29)24-17-8-9-28-19(25-17)15(11-23-28)18-26-21(4,5)30-27-18/h6-12,29H,1-5H3,(H,24,25)(H,26,27)/t12-/m1/s1. The van der Waals surface area contributed by atoms with Gasteiger partial charge in [-0.15, -0.1) is 0 Å². The highest BCUT2D eigenvalue weighted by molar-refractivity contribution is 6.03. The molecule has 0 saturated heterocycles. The predicted octanol–water partition coefficient (Wildman–Crippen LogP) is 3.29. The van der Waals surface area contributed by atoms with Gasteiger partial charge in [0.1, 0.15) is 11.6 Å². The maximum atomic E-state index is 13.9. The zero-order valence-electron chi connectivity index (χ0n) is 17.6. The summed E-state index contributed by atoms with van der Waals surface area (Å²) < 4.78 is 15.6. The van der Waals surface area contributed by atoms with E-state index in [1.165, 1.54) is 12.1 Å². The lowest BCUT2D eigenvalue weighted by atomic mass is 9.90. The molecule has 1 aliphatic rings. The fourth-order valence-corrected chi connectivity index (χ4v) is 3.47. The summed E-state index contributed by atoms with van der Waals surface area (Å²) in [6.45, 7) is 8.95. The van der Waals surface area contributed by atoms with Crippen molar-refractivity contribution in [1.29, 1.82) is 0 Å². The number of halogens is 1. The molecule has 0 radical (unpaired) electrons. The van der Waals surface area contributed by atoms with Crippen LogP contribution in [0.3, 0.4) is 0 Å². The van der Waals surface area contributed by atoms with Gasteiger partial charge in [-0.2, -0.15) is 5.10 Å². The van der Waals surface area contributed by atoms with Crippen molar-refractivity contribution < 1.29 is 14.3 Å². The van der Waals surface area contributed by atoms with Crippen LogP contribution in [-0.2, 0) is 10.4 Å². The minimum absolute atomic E-state index is 0.298. The summed E-state index contributed by atoms with van der Waals surface area (Å²) in [5.74, 6) is 0.782. The van der Waals surface area contributed by atoms with Gasteiger partial charge in [0, 0.05) is 6.20 Å². The number of amidine groups is 1. The lowest BCUT2D eigenvalue weighted by Crippen LogP contribution is -2.23. The number of fused-ring (bicyclic) bond motifs is 1. The van der Waals surface area contributed by atoms with Gasteiger partial charge in [0.2, 0.25) is 0 Å². The molecule has 3 aromatic rings. The number of aliphatic imine (C=N–C) groups is 1. The summed E-state index contributed by atoms with van der Waals surface area (Å²) in [4.78, 5) is 14.6. The van der Waals surface area contributed by atoms with E-state index in [4.69, 9.17) is 4.84 Å². The van der Waals surface area contributed by atoms with Gasteiger partial charge < -0.3 is 10.4 Å². The van der Waals surface area contributed by atoms with E-state index < -0.39 is 11.3 Å². The molecule has 3 N–H and O–H groups in total. The summed E-state index contributed by atoms with van der Waals surface area (Å²) in [5, 5.41) is 18.1. The molecule has 158 valence electrons. The quantitative estimate of drug-likeness (QED) is 0.595. The number of hydrogen-bond acceptors (Lipinski definition) is 7. The van der Waals surface area contributed by atoms with Crippen LogP contribution in [0.5, 0.6) is 0 Å². The number of hydroxylamine groups is 1. The SMILES string of the molecule is C[C@@H](Nc1ccn2ncc(C3=NC(C)(C)ON3)c2n1)c1cc(F)ccc1C(C)(C)O. The Morgan fingerprint density at radius 2 is 2.07 bits per heavy atom. The highest BCUT2D eigenvalue weighted by atomic mass is 19.1. The molecule has 0 unspecified atom stereocenters. The third kappa shape index (κ3) is 3.86. The first-order valence-corrected chi connectivity index (χ1v) is 9.71. The summed E-state index contributed by atoms with van der Waals surface area (Å²) >= 11 is 0. The van der Waals surface area contributed by atoms with Crippen molar-refractivity contribution in [1.82, 2.24) is 20.1 Å². The van der Waals surface area contributed by atoms with Crippen LogP contribution in [-0.4, -0.2) is 31.3 Å². The van der Waals surface area contributed by atoms with Crippen molar-refractivity contribution in [3.63, 3.8) is 0 Å². The van der Waals surface area contributed by atoms with Gasteiger partial charge in [-0.05, 0) is 63.9 Å². The fraction of sp³-hybridized carbons (Fsp3) is 0.381. The first kappa shape index (κ1) is 20.2. The number of aromatic nitrogens is 3. The van der Waals surface area contributed by atoms with E-state index in [2.05, 4.69) is 25.9 Å². The predicted molar refractivity (Wildman–Crippen MR) is 112 cm³/mol. The van der Waals surface area contributed by atoms with Crippen LogP contribution >= 0.6 is 0 Å². The highest BCUT2D eigenvalue weighted by Gasteiger charge is 2.28. The first-order valence-electron chi connectivity index (χ1n) is 9.71. The number of benzene rings is 1. The Balaban J connectivity index is 1.67. The van der Waals surface area contributed by atoms with Gasteiger partial charge >= 0.3 is 0 Å². The number of nitrogens with zero attached hydrogens (tertiary/aromatic N) is 4. The van der Waals surface area contributed by atoms with E-state index in [0.717, 1.165) is 0 Å². The van der Waals surface area contributed by atoms with E-state index >= 15 is 0 Å². The van der Waals surface area contributed by atoms with Gasteiger partial charge in [0.15, 0.2) is 17.2 Å². The van der Waals surface area contributed by atoms with E-state index in [-0.39, 0.29) is 11.9 Å². The first-order chi connectivity index (χ1) is 14.0. The average Bonchev–Trinajstić information content (AvgIpc) is 3.22. The van der Waals surface area contributed by atoms with Crippen LogP contribution in [0.25, 0.3) is 5.65 Å². The van der Waals surface area contributed by atoms with Gasteiger partial charge in [-0.25, -0.2) is 29.2 Å². The summed E-state index contributed by atoms with van der Waals surface area (Å²) in [7, 11) is 0. The molecule has 9 heteroatoms. The highest BCUT2D eigenvalue weighted by Crippen LogP contribution is 2.30. The molecule has 1 atom stereocenters. The minimum atomic E-state index is -1.10. The molecule has 3 heterocycles. The Bertz CT molecular complexity index is 1130. The summed E-state index contributed by atoms with van der Waals surface area (Å²) in [6, 6.07) is 5.89. The Morgan fingerprint density at radius 3 is 2.73 bits per heavy atom. The monoisotopic (exact) mass is 412 g/mol. The molecule has 8 nitrogen and oxygen atoms in total. The minimum Gasteiger partial charge on any atom is -0.386 e. The van der Waals surface area contributed by atoms with Crippen molar-refractivity contribution in [2.75, 3.05) is 5.32 Å². The van der Waals surface area contributed by atoms with E-state index in [1.807, 2.05) is 20.8 Å². The second-order valence-electron chi connectivity index (χ2n) is 8.41. The van der Waals surface area contributed by atoms with Crippen LogP contribution in [0.2, 0.25) is 0 Å². The van der Waals surface area contributed by atoms with Crippen molar-refractivity contribution in [2.45, 2.75) is 52.0 Å². The van der Waals surface area contributed by atoms with Crippen molar-refractivity contribution in [3.05, 3.63) is 59.2 Å². The molecule has 1 aromatic carbocycles. The Kier molecular flexibility index (Phi) is 4.74. The Morgan fingerprint density at radius 1 is 1.30 bits per heavy atom. The molecule has 0 amide bonds. The Hall–Kier alpha value is -3.04. The normalized spacial score (nSPS) is 17.0. The fourth-order valence-electron chi connectivity index (χ4n) is 3.47. The number of anilines is 1.